The van der Waals surface area contributed by atoms with E-state index < -0.39 is 47.4 Å². The predicted octanol–water partition coefficient (Wildman–Crippen LogP) is 4.45. The number of aryl methyl sites for hydroxylation is 1. The Bertz CT molecular complexity index is 1280. The molecule has 10 heteroatoms. The smallest absolute Gasteiger partial charge is 0.289 e. The molecule has 1 aliphatic heterocycles. The molecule has 0 radical (unpaired) electrons. The number of imidazole rings is 1. The minimum absolute atomic E-state index is 0.000363. The number of ether oxygens (including phenoxy) is 1. The van der Waals surface area contributed by atoms with Gasteiger partial charge in [-0.15, -0.1) is 0 Å². The average Bonchev–Trinajstić information content (AvgIpc) is 3.21. The number of amides is 1. The van der Waals surface area contributed by atoms with Crippen LogP contribution in [0.3, 0.4) is 0 Å². The SMILES string of the molecule is Cc1cn(-c2ccc(C=C3O[C@@H](C)CN([C@H](c4cc(F)c(F)c(F)c4)[C@@H](C)O)C3=O)cc2F)cn1. The molecule has 3 atom stereocenters. The highest BCUT2D eigenvalue weighted by molar-refractivity contribution is 5.96. The Balaban J connectivity index is 1.67. The van der Waals surface area contributed by atoms with Gasteiger partial charge < -0.3 is 19.3 Å². The second kappa shape index (κ2) is 9.53. The first kappa shape index (κ1) is 24.5. The van der Waals surface area contributed by atoms with Crippen LogP contribution in [0.5, 0.6) is 0 Å². The van der Waals surface area contributed by atoms with Crippen LogP contribution in [-0.2, 0) is 9.53 Å². The fourth-order valence-electron chi connectivity index (χ4n) is 4.13. The van der Waals surface area contributed by atoms with Crippen molar-refractivity contribution in [1.82, 2.24) is 14.5 Å². The maximum absolute atomic E-state index is 14.8. The number of aromatic nitrogens is 2. The predicted molar refractivity (Wildman–Crippen MR) is 119 cm³/mol. The maximum Gasteiger partial charge on any atom is 0.289 e. The van der Waals surface area contributed by atoms with Crippen LogP contribution in [-0.4, -0.2) is 44.2 Å². The zero-order valence-corrected chi connectivity index (χ0v) is 19.2. The number of morpholine rings is 1. The molecule has 0 saturated carbocycles. The van der Waals surface area contributed by atoms with E-state index in [-0.39, 0.29) is 23.6 Å². The topological polar surface area (TPSA) is 67.6 Å². The van der Waals surface area contributed by atoms with Gasteiger partial charge >= 0.3 is 0 Å². The molecule has 3 aromatic rings. The van der Waals surface area contributed by atoms with Crippen LogP contribution < -0.4 is 0 Å². The van der Waals surface area contributed by atoms with Gasteiger partial charge in [0.1, 0.15) is 11.9 Å². The van der Waals surface area contributed by atoms with E-state index in [9.17, 15) is 27.5 Å². The Morgan fingerprint density at radius 3 is 2.40 bits per heavy atom. The summed E-state index contributed by atoms with van der Waals surface area (Å²) in [7, 11) is 0. The molecule has 184 valence electrons. The summed E-state index contributed by atoms with van der Waals surface area (Å²) in [5.41, 5.74) is 1.23. The lowest BCUT2D eigenvalue weighted by Crippen LogP contribution is -2.48. The van der Waals surface area contributed by atoms with E-state index in [0.717, 1.165) is 17.8 Å². The van der Waals surface area contributed by atoms with Crippen molar-refractivity contribution < 1.29 is 32.2 Å². The highest BCUT2D eigenvalue weighted by Gasteiger charge is 2.37. The summed E-state index contributed by atoms with van der Waals surface area (Å²) in [6.45, 7) is 4.80. The van der Waals surface area contributed by atoms with Gasteiger partial charge in [-0.2, -0.15) is 0 Å². The fourth-order valence-corrected chi connectivity index (χ4v) is 4.13. The van der Waals surface area contributed by atoms with Crippen LogP contribution in [0.25, 0.3) is 11.8 Å². The molecule has 4 rings (SSSR count). The lowest BCUT2D eigenvalue weighted by atomic mass is 9.98. The molecular formula is C25H23F4N3O3. The van der Waals surface area contributed by atoms with E-state index in [0.29, 0.717) is 5.56 Å². The lowest BCUT2D eigenvalue weighted by molar-refractivity contribution is -0.145. The Kier molecular flexibility index (Phi) is 6.66. The quantitative estimate of drug-likeness (QED) is 0.327. The molecule has 1 aromatic heterocycles. The van der Waals surface area contributed by atoms with Crippen molar-refractivity contribution in [2.45, 2.75) is 39.0 Å². The van der Waals surface area contributed by atoms with Crippen LogP contribution in [0.4, 0.5) is 17.6 Å². The molecule has 1 aliphatic rings. The van der Waals surface area contributed by atoms with E-state index >= 15 is 0 Å². The summed E-state index contributed by atoms with van der Waals surface area (Å²) in [5, 5.41) is 10.4. The summed E-state index contributed by atoms with van der Waals surface area (Å²) in [4.78, 5) is 18.5. The van der Waals surface area contributed by atoms with Gasteiger partial charge in [0.25, 0.3) is 5.91 Å². The first-order chi connectivity index (χ1) is 16.5. The van der Waals surface area contributed by atoms with Gasteiger partial charge in [-0.1, -0.05) is 6.07 Å². The number of hydrogen-bond donors (Lipinski definition) is 1. The number of benzene rings is 2. The summed E-state index contributed by atoms with van der Waals surface area (Å²) in [6, 6.07) is 4.68. The van der Waals surface area contributed by atoms with E-state index in [1.165, 1.54) is 40.9 Å². The van der Waals surface area contributed by atoms with Gasteiger partial charge in [-0.25, -0.2) is 22.5 Å². The van der Waals surface area contributed by atoms with E-state index in [1.807, 2.05) is 0 Å². The van der Waals surface area contributed by atoms with E-state index in [4.69, 9.17) is 4.74 Å². The maximum atomic E-state index is 14.8. The van der Waals surface area contributed by atoms with Crippen molar-refractivity contribution in [2.75, 3.05) is 6.54 Å². The number of carbonyl (C=O) groups excluding carboxylic acids is 1. The fraction of sp³-hybridized carbons (Fsp3) is 0.280. The van der Waals surface area contributed by atoms with Crippen LogP contribution in [0, 0.1) is 30.2 Å². The van der Waals surface area contributed by atoms with Gasteiger partial charge in [0.2, 0.25) is 0 Å². The van der Waals surface area contributed by atoms with Gasteiger partial charge in [0.15, 0.2) is 23.2 Å². The summed E-state index contributed by atoms with van der Waals surface area (Å²) in [5.74, 6) is -5.87. The molecule has 2 heterocycles. The molecule has 1 amide bonds. The molecule has 35 heavy (non-hydrogen) atoms. The molecule has 1 saturated heterocycles. The highest BCUT2D eigenvalue weighted by atomic mass is 19.2. The molecule has 0 bridgehead atoms. The van der Waals surface area contributed by atoms with Gasteiger partial charge in [0.05, 0.1) is 36.4 Å². The lowest BCUT2D eigenvalue weighted by Gasteiger charge is -2.39. The number of carbonyl (C=O) groups is 1. The Morgan fingerprint density at radius 2 is 1.83 bits per heavy atom. The monoisotopic (exact) mass is 489 g/mol. The molecule has 1 fully saturated rings. The van der Waals surface area contributed by atoms with Gasteiger partial charge in [0, 0.05) is 6.20 Å². The number of aliphatic hydroxyl groups excluding tert-OH is 1. The van der Waals surface area contributed by atoms with Crippen molar-refractivity contribution in [1.29, 1.82) is 0 Å². The number of aliphatic hydroxyl groups is 1. The third kappa shape index (κ3) is 4.93. The summed E-state index contributed by atoms with van der Waals surface area (Å²) >= 11 is 0. The Labute approximate surface area is 199 Å². The Morgan fingerprint density at radius 1 is 1.14 bits per heavy atom. The number of halogens is 4. The second-order valence-electron chi connectivity index (χ2n) is 8.51. The number of rotatable bonds is 5. The third-order valence-corrected chi connectivity index (χ3v) is 5.65. The first-order valence-electron chi connectivity index (χ1n) is 10.9. The van der Waals surface area contributed by atoms with Crippen molar-refractivity contribution in [3.63, 3.8) is 0 Å². The van der Waals surface area contributed by atoms with Crippen molar-refractivity contribution in [2.24, 2.45) is 0 Å². The van der Waals surface area contributed by atoms with Gasteiger partial charge in [-0.3, -0.25) is 4.79 Å². The molecule has 0 unspecified atom stereocenters. The molecule has 0 spiro atoms. The van der Waals surface area contributed by atoms with Crippen LogP contribution in [0.15, 0.2) is 48.6 Å². The molecule has 2 aromatic carbocycles. The van der Waals surface area contributed by atoms with Gasteiger partial charge in [-0.05, 0) is 62.2 Å². The molecular weight excluding hydrogens is 466 g/mol. The first-order valence-corrected chi connectivity index (χ1v) is 10.9. The van der Waals surface area contributed by atoms with Crippen LogP contribution >= 0.6 is 0 Å². The zero-order valence-electron chi connectivity index (χ0n) is 19.2. The summed E-state index contributed by atoms with van der Waals surface area (Å²) < 4.78 is 63.2. The second-order valence-corrected chi connectivity index (χ2v) is 8.51. The molecule has 1 N–H and O–H groups in total. The highest BCUT2D eigenvalue weighted by Crippen LogP contribution is 2.32. The van der Waals surface area contributed by atoms with Crippen LogP contribution in [0.1, 0.15) is 36.7 Å². The number of nitrogens with zero attached hydrogens (tertiary/aromatic N) is 3. The Hall–Kier alpha value is -3.66. The number of hydrogen-bond acceptors (Lipinski definition) is 4. The molecule has 0 aliphatic carbocycles. The molecule has 6 nitrogen and oxygen atoms in total. The standard InChI is InChI=1S/C25H23F4N3O3/c1-13-10-31(12-30-13)21-5-4-16(6-18(21)26)7-22-25(34)32(11-14(2)35-22)24(15(3)33)17-8-19(27)23(29)20(28)9-17/h4-10,12,14-15,24,33H,11H2,1-3H3/t14-,15+,24-/m0/s1. The zero-order chi connectivity index (χ0) is 25.4. The van der Waals surface area contributed by atoms with E-state index in [1.54, 1.807) is 26.1 Å². The average molecular weight is 489 g/mol. The normalized spacial score (nSPS) is 19.1. The van der Waals surface area contributed by atoms with Crippen molar-refractivity contribution >= 4 is 12.0 Å². The van der Waals surface area contributed by atoms with E-state index in [2.05, 4.69) is 4.98 Å². The largest absolute Gasteiger partial charge is 0.483 e. The van der Waals surface area contributed by atoms with Crippen LogP contribution in [0.2, 0.25) is 0 Å². The minimum atomic E-state index is -1.64. The minimum Gasteiger partial charge on any atom is -0.483 e. The van der Waals surface area contributed by atoms with Crippen molar-refractivity contribution in [3.8, 4) is 5.69 Å². The summed E-state index contributed by atoms with van der Waals surface area (Å²) in [6.07, 6.45) is 2.71. The third-order valence-electron chi connectivity index (χ3n) is 5.65. The van der Waals surface area contributed by atoms with Crippen molar-refractivity contribution in [3.05, 3.63) is 88.7 Å².